The lowest BCUT2D eigenvalue weighted by Gasteiger charge is -1.99. The fraction of sp³-hybridized carbons (Fsp3) is 0.0769. The summed E-state index contributed by atoms with van der Waals surface area (Å²) >= 11 is 0. The van der Waals surface area contributed by atoms with Gasteiger partial charge in [-0.05, 0) is 30.7 Å². The molecular weight excluding hydrogens is 255 g/mol. The van der Waals surface area contributed by atoms with Gasteiger partial charge in [0.05, 0.1) is 5.56 Å². The molecule has 0 aliphatic carbocycles. The Morgan fingerprint density at radius 3 is 2.58 bits per heavy atom. The second-order valence-corrected chi connectivity index (χ2v) is 4.17. The van der Waals surface area contributed by atoms with E-state index in [-0.39, 0.29) is 11.4 Å². The smallest absolute Gasteiger partial charge is 0.195 e. The summed E-state index contributed by atoms with van der Waals surface area (Å²) in [5, 5.41) is 4.05. The Morgan fingerprint density at radius 2 is 1.79 bits per heavy atom. The first-order chi connectivity index (χ1) is 9.06. The highest BCUT2D eigenvalue weighted by atomic mass is 19.2. The Bertz CT molecular complexity index is 780. The van der Waals surface area contributed by atoms with Crippen LogP contribution in [0.1, 0.15) is 5.56 Å². The fourth-order valence-electron chi connectivity index (χ4n) is 1.80. The summed E-state index contributed by atoms with van der Waals surface area (Å²) in [5.74, 6) is -4.02. The van der Waals surface area contributed by atoms with E-state index in [4.69, 9.17) is 0 Å². The lowest BCUT2D eigenvalue weighted by atomic mass is 10.2. The van der Waals surface area contributed by atoms with Crippen molar-refractivity contribution in [1.82, 2.24) is 14.6 Å². The second-order valence-electron chi connectivity index (χ2n) is 4.17. The number of rotatable bonds is 1. The largest absolute Gasteiger partial charge is 0.220 e. The Hall–Kier alpha value is -2.37. The maximum atomic E-state index is 13.7. The highest BCUT2D eigenvalue weighted by Gasteiger charge is 2.17. The molecule has 96 valence electrons. The number of pyridine rings is 1. The van der Waals surface area contributed by atoms with Gasteiger partial charge in [-0.15, -0.1) is 5.10 Å². The molecule has 0 N–H and O–H groups in total. The molecule has 3 rings (SSSR count). The molecule has 19 heavy (non-hydrogen) atoms. The van der Waals surface area contributed by atoms with Crippen LogP contribution in [-0.4, -0.2) is 14.6 Å². The molecule has 0 radical (unpaired) electrons. The average molecular weight is 263 g/mol. The van der Waals surface area contributed by atoms with Gasteiger partial charge in [-0.3, -0.25) is 0 Å². The zero-order valence-electron chi connectivity index (χ0n) is 9.86. The quantitative estimate of drug-likeness (QED) is 0.631. The number of benzene rings is 1. The molecule has 0 spiro atoms. The van der Waals surface area contributed by atoms with Gasteiger partial charge < -0.3 is 0 Å². The number of nitrogens with zero attached hydrogens (tertiary/aromatic N) is 3. The van der Waals surface area contributed by atoms with Crippen molar-refractivity contribution in [1.29, 1.82) is 0 Å². The maximum absolute atomic E-state index is 13.7. The maximum Gasteiger partial charge on any atom is 0.195 e. The number of fused-ring (bicyclic) bond motifs is 1. The van der Waals surface area contributed by atoms with Crippen molar-refractivity contribution in [3.63, 3.8) is 0 Å². The Balaban J connectivity index is 2.22. The lowest BCUT2D eigenvalue weighted by Crippen LogP contribution is -1.95. The molecule has 0 aliphatic heterocycles. The normalized spacial score (nSPS) is 11.2. The van der Waals surface area contributed by atoms with E-state index < -0.39 is 17.5 Å². The summed E-state index contributed by atoms with van der Waals surface area (Å²) in [4.78, 5) is 4.08. The van der Waals surface area contributed by atoms with Crippen molar-refractivity contribution in [3.05, 3.63) is 53.5 Å². The van der Waals surface area contributed by atoms with Crippen molar-refractivity contribution in [2.75, 3.05) is 0 Å². The molecule has 0 bridgehead atoms. The number of halogens is 3. The predicted octanol–water partition coefficient (Wildman–Crippen LogP) is 3.12. The van der Waals surface area contributed by atoms with Gasteiger partial charge in [0.25, 0.3) is 0 Å². The monoisotopic (exact) mass is 263 g/mol. The molecule has 6 heteroatoms. The molecule has 0 saturated carbocycles. The first kappa shape index (κ1) is 11.7. The van der Waals surface area contributed by atoms with E-state index >= 15 is 0 Å². The summed E-state index contributed by atoms with van der Waals surface area (Å²) < 4.78 is 41.2. The van der Waals surface area contributed by atoms with Gasteiger partial charge in [-0.2, -0.15) is 0 Å². The lowest BCUT2D eigenvalue weighted by molar-refractivity contribution is 0.448. The van der Waals surface area contributed by atoms with E-state index in [1.54, 1.807) is 12.3 Å². The average Bonchev–Trinajstić information content (AvgIpc) is 2.78. The predicted molar refractivity (Wildman–Crippen MR) is 63.0 cm³/mol. The second kappa shape index (κ2) is 4.08. The Morgan fingerprint density at radius 1 is 1.00 bits per heavy atom. The summed E-state index contributed by atoms with van der Waals surface area (Å²) in [6, 6.07) is 5.51. The van der Waals surface area contributed by atoms with Crippen LogP contribution in [0.5, 0.6) is 0 Å². The first-order valence-electron chi connectivity index (χ1n) is 5.53. The molecule has 3 nitrogen and oxygen atoms in total. The van der Waals surface area contributed by atoms with Crippen LogP contribution in [0.4, 0.5) is 13.2 Å². The number of hydrogen-bond acceptors (Lipinski definition) is 2. The molecule has 2 heterocycles. The van der Waals surface area contributed by atoms with E-state index in [1.807, 2.05) is 13.0 Å². The molecule has 3 aromatic rings. The van der Waals surface area contributed by atoms with E-state index in [1.165, 1.54) is 4.52 Å². The molecule has 0 amide bonds. The van der Waals surface area contributed by atoms with Crippen LogP contribution in [0, 0.1) is 24.4 Å². The van der Waals surface area contributed by atoms with Gasteiger partial charge in [-0.1, -0.05) is 6.07 Å². The number of hydrogen-bond donors (Lipinski definition) is 0. The van der Waals surface area contributed by atoms with Gasteiger partial charge >= 0.3 is 0 Å². The third-order valence-electron chi connectivity index (χ3n) is 2.75. The minimum atomic E-state index is -1.52. The van der Waals surface area contributed by atoms with Crippen molar-refractivity contribution in [2.24, 2.45) is 0 Å². The molecule has 0 saturated heterocycles. The number of aromatic nitrogens is 3. The van der Waals surface area contributed by atoms with Crippen LogP contribution in [-0.2, 0) is 0 Å². The Kier molecular flexibility index (Phi) is 2.51. The minimum absolute atomic E-state index is 0.0157. The Labute approximate surface area is 106 Å². The van der Waals surface area contributed by atoms with Gasteiger partial charge in [-0.25, -0.2) is 22.7 Å². The van der Waals surface area contributed by atoms with Crippen LogP contribution in [0.25, 0.3) is 17.0 Å². The van der Waals surface area contributed by atoms with Crippen LogP contribution < -0.4 is 0 Å². The summed E-state index contributed by atoms with van der Waals surface area (Å²) in [6.45, 7) is 1.87. The fourth-order valence-corrected chi connectivity index (χ4v) is 1.80. The van der Waals surface area contributed by atoms with E-state index in [0.29, 0.717) is 5.65 Å². The van der Waals surface area contributed by atoms with Gasteiger partial charge in [0.15, 0.2) is 28.9 Å². The van der Waals surface area contributed by atoms with Crippen LogP contribution >= 0.6 is 0 Å². The molecule has 2 aromatic heterocycles. The van der Waals surface area contributed by atoms with Crippen LogP contribution in [0.15, 0.2) is 30.5 Å². The molecule has 0 aliphatic rings. The molecular formula is C13H8F3N3. The van der Waals surface area contributed by atoms with E-state index in [2.05, 4.69) is 10.1 Å². The van der Waals surface area contributed by atoms with Gasteiger partial charge in [0.2, 0.25) is 0 Å². The van der Waals surface area contributed by atoms with Crippen LogP contribution in [0.2, 0.25) is 0 Å². The van der Waals surface area contributed by atoms with Crippen molar-refractivity contribution in [2.45, 2.75) is 6.92 Å². The van der Waals surface area contributed by atoms with Crippen molar-refractivity contribution in [3.8, 4) is 11.4 Å². The first-order valence-corrected chi connectivity index (χ1v) is 5.53. The highest BCUT2D eigenvalue weighted by Crippen LogP contribution is 2.23. The summed E-state index contributed by atoms with van der Waals surface area (Å²) in [7, 11) is 0. The molecule has 0 fully saturated rings. The SMILES string of the molecule is Cc1ccc2nc(-c3ccc(F)c(F)c3F)nn2c1. The minimum Gasteiger partial charge on any atom is -0.220 e. The van der Waals surface area contributed by atoms with Crippen molar-refractivity contribution < 1.29 is 13.2 Å². The molecule has 0 unspecified atom stereocenters. The standard InChI is InChI=1S/C13H8F3N3/c1-7-2-5-10-17-13(18-19(10)6-7)8-3-4-9(14)12(16)11(8)15/h2-6H,1H3. The van der Waals surface area contributed by atoms with Gasteiger partial charge in [0.1, 0.15) is 0 Å². The van der Waals surface area contributed by atoms with Gasteiger partial charge in [0, 0.05) is 6.20 Å². The highest BCUT2D eigenvalue weighted by molar-refractivity contribution is 5.59. The van der Waals surface area contributed by atoms with Crippen molar-refractivity contribution >= 4 is 5.65 Å². The molecule has 0 atom stereocenters. The topological polar surface area (TPSA) is 30.2 Å². The third-order valence-corrected chi connectivity index (χ3v) is 2.75. The zero-order chi connectivity index (χ0) is 13.6. The summed E-state index contributed by atoms with van der Waals surface area (Å²) in [5.41, 5.74) is 1.29. The summed E-state index contributed by atoms with van der Waals surface area (Å²) in [6.07, 6.45) is 1.71. The zero-order valence-corrected chi connectivity index (χ0v) is 9.86. The third kappa shape index (κ3) is 1.85. The van der Waals surface area contributed by atoms with Crippen LogP contribution in [0.3, 0.4) is 0 Å². The molecule has 1 aromatic carbocycles. The number of aryl methyl sites for hydroxylation is 1. The van der Waals surface area contributed by atoms with E-state index in [9.17, 15) is 13.2 Å². The van der Waals surface area contributed by atoms with E-state index in [0.717, 1.165) is 17.7 Å².